The van der Waals surface area contributed by atoms with E-state index in [0.29, 0.717) is 5.65 Å². The zero-order chi connectivity index (χ0) is 12.7. The standard InChI is InChI=1S/C11H13N5O2/c12-11-14-9-8(10(18)15-11)13-5-16(9)7-2-1-6(3-7)4-17/h1-2,5-7,17H,3-4H2,(H3,12,14,15,18)/t6-,7?/m1/s1. The predicted octanol–water partition coefficient (Wildman–Crippen LogP) is -0.189. The Morgan fingerprint density at radius 3 is 3.11 bits per heavy atom. The minimum atomic E-state index is -0.336. The van der Waals surface area contributed by atoms with Gasteiger partial charge in [0.25, 0.3) is 5.56 Å². The van der Waals surface area contributed by atoms with Gasteiger partial charge >= 0.3 is 0 Å². The van der Waals surface area contributed by atoms with E-state index >= 15 is 0 Å². The van der Waals surface area contributed by atoms with Crippen LogP contribution in [0.5, 0.6) is 0 Å². The Labute approximate surface area is 102 Å². The predicted molar refractivity (Wildman–Crippen MR) is 65.9 cm³/mol. The lowest BCUT2D eigenvalue weighted by Gasteiger charge is -2.12. The van der Waals surface area contributed by atoms with E-state index in [4.69, 9.17) is 10.8 Å². The Kier molecular flexibility index (Phi) is 2.41. The number of H-pyrrole nitrogens is 1. The van der Waals surface area contributed by atoms with Gasteiger partial charge in [-0.15, -0.1) is 0 Å². The molecule has 2 atom stereocenters. The summed E-state index contributed by atoms with van der Waals surface area (Å²) in [5, 5.41) is 9.12. The number of hydrogen-bond donors (Lipinski definition) is 3. The van der Waals surface area contributed by atoms with E-state index in [9.17, 15) is 4.79 Å². The Morgan fingerprint density at radius 1 is 1.56 bits per heavy atom. The van der Waals surface area contributed by atoms with Crippen molar-refractivity contribution in [1.82, 2.24) is 19.5 Å². The summed E-state index contributed by atoms with van der Waals surface area (Å²) in [5.41, 5.74) is 5.96. The largest absolute Gasteiger partial charge is 0.396 e. The van der Waals surface area contributed by atoms with Crippen molar-refractivity contribution < 1.29 is 5.11 Å². The van der Waals surface area contributed by atoms with Gasteiger partial charge in [-0.1, -0.05) is 12.2 Å². The van der Waals surface area contributed by atoms with Crippen molar-refractivity contribution >= 4 is 17.1 Å². The summed E-state index contributed by atoms with van der Waals surface area (Å²) in [4.78, 5) is 22.2. The summed E-state index contributed by atoms with van der Waals surface area (Å²) in [5.74, 6) is 0.224. The Balaban J connectivity index is 2.09. The van der Waals surface area contributed by atoms with Crippen LogP contribution in [0.2, 0.25) is 0 Å². The van der Waals surface area contributed by atoms with Crippen molar-refractivity contribution in [2.45, 2.75) is 12.5 Å². The van der Waals surface area contributed by atoms with Crippen LogP contribution in [-0.4, -0.2) is 31.2 Å². The molecule has 1 aliphatic rings. The fraction of sp³-hybridized carbons (Fsp3) is 0.364. The van der Waals surface area contributed by atoms with Crippen LogP contribution < -0.4 is 11.3 Å². The first kappa shape index (κ1) is 11.0. The number of aliphatic hydroxyl groups is 1. The second kappa shape index (κ2) is 3.95. The van der Waals surface area contributed by atoms with Crippen molar-refractivity contribution in [2.24, 2.45) is 5.92 Å². The molecule has 7 heteroatoms. The van der Waals surface area contributed by atoms with Gasteiger partial charge in [0.15, 0.2) is 11.2 Å². The molecule has 0 aromatic carbocycles. The summed E-state index contributed by atoms with van der Waals surface area (Å²) in [7, 11) is 0. The molecule has 0 spiro atoms. The van der Waals surface area contributed by atoms with E-state index in [0.717, 1.165) is 6.42 Å². The molecular formula is C11H13N5O2. The van der Waals surface area contributed by atoms with Gasteiger partial charge in [-0.2, -0.15) is 4.98 Å². The first-order chi connectivity index (χ1) is 8.69. The SMILES string of the molecule is Nc1nc2c(ncn2C2C=C[C@@H](CO)C2)c(=O)[nH]1. The minimum Gasteiger partial charge on any atom is -0.396 e. The number of nitrogens with one attached hydrogen (secondary N) is 1. The molecule has 94 valence electrons. The van der Waals surface area contributed by atoms with Crippen LogP contribution in [0, 0.1) is 5.92 Å². The molecule has 1 aliphatic carbocycles. The van der Waals surface area contributed by atoms with E-state index in [1.807, 2.05) is 16.7 Å². The molecule has 0 radical (unpaired) electrons. The number of aromatic amines is 1. The number of rotatable bonds is 2. The fourth-order valence-electron chi connectivity index (χ4n) is 2.28. The number of nitrogens with two attached hydrogens (primary N) is 1. The quantitative estimate of drug-likeness (QED) is 0.637. The topological polar surface area (TPSA) is 110 Å². The molecular weight excluding hydrogens is 234 g/mol. The number of imidazole rings is 1. The molecule has 3 rings (SSSR count). The van der Waals surface area contributed by atoms with Crippen LogP contribution in [0.4, 0.5) is 5.95 Å². The van der Waals surface area contributed by atoms with Crippen molar-refractivity contribution in [3.8, 4) is 0 Å². The van der Waals surface area contributed by atoms with Gasteiger partial charge in [0.2, 0.25) is 5.95 Å². The highest BCUT2D eigenvalue weighted by Gasteiger charge is 2.22. The number of hydrogen-bond acceptors (Lipinski definition) is 5. The highest BCUT2D eigenvalue weighted by atomic mass is 16.3. The Bertz CT molecular complexity index is 672. The number of nitrogens with zero attached hydrogens (tertiary/aromatic N) is 3. The lowest BCUT2D eigenvalue weighted by molar-refractivity contribution is 0.244. The maximum absolute atomic E-state index is 11.6. The lowest BCUT2D eigenvalue weighted by Crippen LogP contribution is -2.13. The number of aliphatic hydroxyl groups excluding tert-OH is 1. The van der Waals surface area contributed by atoms with Crippen LogP contribution in [0.3, 0.4) is 0 Å². The van der Waals surface area contributed by atoms with Crippen LogP contribution in [0.1, 0.15) is 12.5 Å². The maximum atomic E-state index is 11.6. The average molecular weight is 247 g/mol. The van der Waals surface area contributed by atoms with Gasteiger partial charge in [-0.25, -0.2) is 4.98 Å². The Hall–Kier alpha value is -2.15. The van der Waals surface area contributed by atoms with Crippen molar-refractivity contribution in [3.05, 3.63) is 28.8 Å². The smallest absolute Gasteiger partial charge is 0.280 e. The molecule has 2 aromatic rings. The second-order valence-electron chi connectivity index (χ2n) is 4.41. The van der Waals surface area contributed by atoms with Crippen LogP contribution in [0.15, 0.2) is 23.3 Å². The van der Waals surface area contributed by atoms with Crippen LogP contribution in [-0.2, 0) is 0 Å². The number of anilines is 1. The molecule has 2 aromatic heterocycles. The van der Waals surface area contributed by atoms with Gasteiger partial charge < -0.3 is 15.4 Å². The molecule has 0 fully saturated rings. The number of aromatic nitrogens is 4. The molecule has 1 unspecified atom stereocenters. The minimum absolute atomic E-state index is 0.0563. The van der Waals surface area contributed by atoms with Crippen LogP contribution in [0.25, 0.3) is 11.2 Å². The molecule has 7 nitrogen and oxygen atoms in total. The fourth-order valence-corrected chi connectivity index (χ4v) is 2.28. The number of allylic oxidation sites excluding steroid dienone is 1. The highest BCUT2D eigenvalue weighted by Crippen LogP contribution is 2.29. The number of nitrogen functional groups attached to an aromatic ring is 1. The van der Waals surface area contributed by atoms with Gasteiger partial charge in [0.05, 0.1) is 12.4 Å². The van der Waals surface area contributed by atoms with E-state index in [1.54, 1.807) is 6.33 Å². The zero-order valence-corrected chi connectivity index (χ0v) is 9.58. The molecule has 4 N–H and O–H groups in total. The first-order valence-corrected chi connectivity index (χ1v) is 5.70. The second-order valence-corrected chi connectivity index (χ2v) is 4.41. The average Bonchev–Trinajstić information content (AvgIpc) is 2.93. The first-order valence-electron chi connectivity index (χ1n) is 5.70. The summed E-state index contributed by atoms with van der Waals surface area (Å²) in [6.07, 6.45) is 6.31. The third-order valence-corrected chi connectivity index (χ3v) is 3.19. The van der Waals surface area contributed by atoms with E-state index in [-0.39, 0.29) is 35.6 Å². The molecule has 0 saturated carbocycles. The van der Waals surface area contributed by atoms with E-state index < -0.39 is 0 Å². The normalized spacial score (nSPS) is 22.9. The molecule has 18 heavy (non-hydrogen) atoms. The third kappa shape index (κ3) is 1.60. The highest BCUT2D eigenvalue weighted by molar-refractivity contribution is 5.70. The number of fused-ring (bicyclic) bond motifs is 1. The molecule has 2 heterocycles. The third-order valence-electron chi connectivity index (χ3n) is 3.19. The molecule has 0 amide bonds. The Morgan fingerprint density at radius 2 is 2.39 bits per heavy atom. The van der Waals surface area contributed by atoms with Gasteiger partial charge in [-0.3, -0.25) is 9.78 Å². The van der Waals surface area contributed by atoms with E-state index in [1.165, 1.54) is 0 Å². The molecule has 0 aliphatic heterocycles. The van der Waals surface area contributed by atoms with Gasteiger partial charge in [0, 0.05) is 12.5 Å². The molecule has 0 saturated heterocycles. The summed E-state index contributed by atoms with van der Waals surface area (Å²) in [6, 6.07) is 0.0563. The van der Waals surface area contributed by atoms with Crippen molar-refractivity contribution in [3.63, 3.8) is 0 Å². The summed E-state index contributed by atoms with van der Waals surface area (Å²) >= 11 is 0. The summed E-state index contributed by atoms with van der Waals surface area (Å²) < 4.78 is 1.81. The lowest BCUT2D eigenvalue weighted by atomic mass is 10.1. The van der Waals surface area contributed by atoms with Crippen molar-refractivity contribution in [2.75, 3.05) is 12.3 Å². The maximum Gasteiger partial charge on any atom is 0.280 e. The zero-order valence-electron chi connectivity index (χ0n) is 9.58. The van der Waals surface area contributed by atoms with Crippen molar-refractivity contribution in [1.29, 1.82) is 0 Å². The van der Waals surface area contributed by atoms with Gasteiger partial charge in [0.1, 0.15) is 0 Å². The monoisotopic (exact) mass is 247 g/mol. The molecule has 0 bridgehead atoms. The van der Waals surface area contributed by atoms with Crippen LogP contribution >= 0.6 is 0 Å². The van der Waals surface area contributed by atoms with Gasteiger partial charge in [-0.05, 0) is 6.42 Å². The summed E-state index contributed by atoms with van der Waals surface area (Å²) in [6.45, 7) is 0.121. The van der Waals surface area contributed by atoms with E-state index in [2.05, 4.69) is 15.0 Å².